The van der Waals surface area contributed by atoms with Gasteiger partial charge in [-0.15, -0.1) is 0 Å². The summed E-state index contributed by atoms with van der Waals surface area (Å²) in [6.45, 7) is 1.84. The van der Waals surface area contributed by atoms with Gasteiger partial charge in [-0.3, -0.25) is 4.79 Å². The van der Waals surface area contributed by atoms with Crippen molar-refractivity contribution in [3.05, 3.63) is 12.2 Å². The molecule has 1 heterocycles. The second-order valence-electron chi connectivity index (χ2n) is 2.71. The summed E-state index contributed by atoms with van der Waals surface area (Å²) in [6.07, 6.45) is 4.29. The van der Waals surface area contributed by atoms with E-state index >= 15 is 0 Å². The van der Waals surface area contributed by atoms with Gasteiger partial charge < -0.3 is 9.47 Å². The Bertz CT molecular complexity index is 186. The molecule has 3 nitrogen and oxygen atoms in total. The molecule has 0 aromatic rings. The molecule has 0 aliphatic carbocycles. The van der Waals surface area contributed by atoms with Crippen molar-refractivity contribution >= 4 is 5.78 Å². The molecule has 0 spiro atoms. The summed E-state index contributed by atoms with van der Waals surface area (Å²) < 4.78 is 10.3. The Morgan fingerprint density at radius 1 is 1.75 bits per heavy atom. The van der Waals surface area contributed by atoms with E-state index in [0.717, 1.165) is 0 Å². The van der Waals surface area contributed by atoms with Crippen molar-refractivity contribution in [1.82, 2.24) is 0 Å². The van der Waals surface area contributed by atoms with E-state index in [-0.39, 0.29) is 18.2 Å². The Kier molecular flexibility index (Phi) is 3.44. The first kappa shape index (κ1) is 9.42. The number of hydrogen-bond donors (Lipinski definition) is 0. The van der Waals surface area contributed by atoms with E-state index < -0.39 is 0 Å². The number of rotatable bonds is 3. The highest BCUT2D eigenvalue weighted by Gasteiger charge is 2.22. The molecule has 0 unspecified atom stereocenters. The lowest BCUT2D eigenvalue weighted by atomic mass is 10.1. The lowest BCUT2D eigenvalue weighted by Gasteiger charge is -2.23. The molecular formula is C9H14O3. The first-order valence-electron chi connectivity index (χ1n) is 4.15. The molecule has 1 aliphatic rings. The van der Waals surface area contributed by atoms with Crippen LogP contribution in [0, 0.1) is 0 Å². The topological polar surface area (TPSA) is 35.5 Å². The number of Topliss-reactive ketones (excluding diaryl/α,β-unsaturated/α-hetero) is 1. The van der Waals surface area contributed by atoms with Crippen LogP contribution in [0.15, 0.2) is 12.2 Å². The molecule has 0 amide bonds. The molecule has 0 aromatic heterocycles. The van der Waals surface area contributed by atoms with Crippen LogP contribution in [0.1, 0.15) is 19.8 Å². The zero-order valence-corrected chi connectivity index (χ0v) is 7.45. The van der Waals surface area contributed by atoms with Crippen molar-refractivity contribution in [2.24, 2.45) is 0 Å². The predicted molar refractivity (Wildman–Crippen MR) is 44.7 cm³/mol. The zero-order valence-electron chi connectivity index (χ0n) is 7.45. The van der Waals surface area contributed by atoms with Gasteiger partial charge in [0.2, 0.25) is 0 Å². The van der Waals surface area contributed by atoms with E-state index in [0.29, 0.717) is 12.8 Å². The summed E-state index contributed by atoms with van der Waals surface area (Å²) in [7, 11) is 1.56. The standard InChI is InChI=1S/C9H14O3/c1-3-7(10)8-5-4-6-9(11-2)12-8/h4,6,8-9H,3,5H2,1-2H3/t8-,9-/m1/s1. The molecule has 0 radical (unpaired) electrons. The maximum Gasteiger partial charge on any atom is 0.177 e. The number of methoxy groups -OCH3 is 1. The number of ketones is 1. The highest BCUT2D eigenvalue weighted by Crippen LogP contribution is 2.14. The van der Waals surface area contributed by atoms with Crippen LogP contribution >= 0.6 is 0 Å². The van der Waals surface area contributed by atoms with Gasteiger partial charge in [-0.2, -0.15) is 0 Å². The van der Waals surface area contributed by atoms with Crippen molar-refractivity contribution in [2.45, 2.75) is 32.2 Å². The van der Waals surface area contributed by atoms with Crippen LogP contribution in [0.25, 0.3) is 0 Å². The number of carbonyl (C=O) groups excluding carboxylic acids is 1. The summed E-state index contributed by atoms with van der Waals surface area (Å²) in [4.78, 5) is 11.2. The highest BCUT2D eigenvalue weighted by molar-refractivity contribution is 5.83. The Morgan fingerprint density at radius 2 is 2.50 bits per heavy atom. The monoisotopic (exact) mass is 170 g/mol. The first-order chi connectivity index (χ1) is 5.77. The van der Waals surface area contributed by atoms with Gasteiger partial charge in [-0.05, 0) is 12.5 Å². The first-order valence-corrected chi connectivity index (χ1v) is 4.15. The Hall–Kier alpha value is -0.670. The van der Waals surface area contributed by atoms with E-state index in [1.165, 1.54) is 0 Å². The molecule has 0 saturated heterocycles. The van der Waals surface area contributed by atoms with Crippen LogP contribution in [0.5, 0.6) is 0 Å². The number of hydrogen-bond acceptors (Lipinski definition) is 3. The normalized spacial score (nSPS) is 28.8. The molecule has 0 aromatic carbocycles. The Balaban J connectivity index is 2.49. The molecule has 0 N–H and O–H groups in total. The molecule has 1 aliphatic heterocycles. The molecule has 68 valence electrons. The third kappa shape index (κ3) is 2.16. The van der Waals surface area contributed by atoms with E-state index in [2.05, 4.69) is 0 Å². The lowest BCUT2D eigenvalue weighted by Crippen LogP contribution is -2.31. The van der Waals surface area contributed by atoms with Crippen LogP contribution in [0.3, 0.4) is 0 Å². The summed E-state index contributed by atoms with van der Waals surface area (Å²) in [5.41, 5.74) is 0. The lowest BCUT2D eigenvalue weighted by molar-refractivity contribution is -0.156. The average Bonchev–Trinajstić information content (AvgIpc) is 2.17. The number of ether oxygens (including phenoxy) is 2. The van der Waals surface area contributed by atoms with Crippen LogP contribution in [0.2, 0.25) is 0 Å². The molecule has 12 heavy (non-hydrogen) atoms. The minimum absolute atomic E-state index is 0.140. The molecule has 0 bridgehead atoms. The van der Waals surface area contributed by atoms with E-state index in [1.54, 1.807) is 7.11 Å². The van der Waals surface area contributed by atoms with Crippen molar-refractivity contribution in [2.75, 3.05) is 7.11 Å². The number of carbonyl (C=O) groups is 1. The van der Waals surface area contributed by atoms with Crippen LogP contribution < -0.4 is 0 Å². The molecule has 0 fully saturated rings. The second-order valence-corrected chi connectivity index (χ2v) is 2.71. The molecule has 2 atom stereocenters. The largest absolute Gasteiger partial charge is 0.352 e. The van der Waals surface area contributed by atoms with Crippen molar-refractivity contribution in [1.29, 1.82) is 0 Å². The van der Waals surface area contributed by atoms with Gasteiger partial charge in [0, 0.05) is 13.5 Å². The average molecular weight is 170 g/mol. The fourth-order valence-corrected chi connectivity index (χ4v) is 1.15. The molecule has 3 heteroatoms. The van der Waals surface area contributed by atoms with Gasteiger partial charge in [0.15, 0.2) is 12.1 Å². The maximum absolute atomic E-state index is 11.2. The molecular weight excluding hydrogens is 156 g/mol. The minimum Gasteiger partial charge on any atom is -0.352 e. The van der Waals surface area contributed by atoms with Crippen LogP contribution in [0.4, 0.5) is 0 Å². The van der Waals surface area contributed by atoms with Crippen LogP contribution in [-0.2, 0) is 14.3 Å². The summed E-state index contributed by atoms with van der Waals surface area (Å²) in [6, 6.07) is 0. The van der Waals surface area contributed by atoms with E-state index in [9.17, 15) is 4.79 Å². The quantitative estimate of drug-likeness (QED) is 0.598. The van der Waals surface area contributed by atoms with Gasteiger partial charge in [0.05, 0.1) is 0 Å². The van der Waals surface area contributed by atoms with Crippen molar-refractivity contribution in [3.63, 3.8) is 0 Å². The van der Waals surface area contributed by atoms with Gasteiger partial charge in [0.1, 0.15) is 6.10 Å². The van der Waals surface area contributed by atoms with E-state index in [1.807, 2.05) is 19.1 Å². The Labute approximate surface area is 72.4 Å². The predicted octanol–water partition coefficient (Wildman–Crippen LogP) is 1.28. The van der Waals surface area contributed by atoms with Gasteiger partial charge >= 0.3 is 0 Å². The van der Waals surface area contributed by atoms with Gasteiger partial charge in [0.25, 0.3) is 0 Å². The maximum atomic E-state index is 11.2. The third-order valence-electron chi connectivity index (χ3n) is 1.88. The fourth-order valence-electron chi connectivity index (χ4n) is 1.15. The SMILES string of the molecule is CCC(=O)[C@H]1CC=C[C@H](OC)O1. The third-order valence-corrected chi connectivity index (χ3v) is 1.88. The van der Waals surface area contributed by atoms with Gasteiger partial charge in [-0.1, -0.05) is 13.0 Å². The summed E-state index contributed by atoms with van der Waals surface area (Å²) in [5, 5.41) is 0. The van der Waals surface area contributed by atoms with Crippen LogP contribution in [-0.4, -0.2) is 25.3 Å². The van der Waals surface area contributed by atoms with E-state index in [4.69, 9.17) is 9.47 Å². The Morgan fingerprint density at radius 3 is 3.08 bits per heavy atom. The molecule has 1 rings (SSSR count). The fraction of sp³-hybridized carbons (Fsp3) is 0.667. The summed E-state index contributed by atoms with van der Waals surface area (Å²) >= 11 is 0. The smallest absolute Gasteiger partial charge is 0.177 e. The minimum atomic E-state index is -0.348. The highest BCUT2D eigenvalue weighted by atomic mass is 16.7. The summed E-state index contributed by atoms with van der Waals surface area (Å²) in [5.74, 6) is 0.140. The van der Waals surface area contributed by atoms with Crippen molar-refractivity contribution in [3.8, 4) is 0 Å². The van der Waals surface area contributed by atoms with Crippen molar-refractivity contribution < 1.29 is 14.3 Å². The molecule has 0 saturated carbocycles. The van der Waals surface area contributed by atoms with Gasteiger partial charge in [-0.25, -0.2) is 0 Å². The second kappa shape index (κ2) is 4.38. The zero-order chi connectivity index (χ0) is 8.97.